The lowest BCUT2D eigenvalue weighted by molar-refractivity contribution is 0.309. The van der Waals surface area contributed by atoms with E-state index < -0.39 is 0 Å². The third-order valence-corrected chi connectivity index (χ3v) is 6.71. The van der Waals surface area contributed by atoms with Crippen LogP contribution in [0.5, 0.6) is 0 Å². The SMILES string of the molecule is C#CC1(c2ccc(C#C[C@H]3CC[C@H](CC)CC3)cc2)C=CC=CC1CCCC. The number of rotatable bonds is 5. The molecule has 0 aromatic heterocycles. The highest BCUT2D eigenvalue weighted by Gasteiger charge is 2.35. The van der Waals surface area contributed by atoms with E-state index in [-0.39, 0.29) is 5.41 Å². The van der Waals surface area contributed by atoms with E-state index >= 15 is 0 Å². The first-order valence-electron chi connectivity index (χ1n) is 11.2. The molecule has 3 rings (SSSR count). The van der Waals surface area contributed by atoms with Gasteiger partial charge in [-0.15, -0.1) is 6.42 Å². The summed E-state index contributed by atoms with van der Waals surface area (Å²) in [6.45, 7) is 4.55. The number of hydrogen-bond donors (Lipinski definition) is 0. The predicted molar refractivity (Wildman–Crippen MR) is 121 cm³/mol. The van der Waals surface area contributed by atoms with Gasteiger partial charge in [0.1, 0.15) is 0 Å². The molecule has 28 heavy (non-hydrogen) atoms. The molecule has 0 aliphatic heterocycles. The minimum atomic E-state index is -0.325. The molecule has 1 saturated carbocycles. The van der Waals surface area contributed by atoms with Gasteiger partial charge in [0.2, 0.25) is 0 Å². The molecule has 0 bridgehead atoms. The van der Waals surface area contributed by atoms with Crippen molar-refractivity contribution in [3.05, 3.63) is 59.7 Å². The van der Waals surface area contributed by atoms with Crippen molar-refractivity contribution >= 4 is 0 Å². The second-order valence-corrected chi connectivity index (χ2v) is 8.48. The van der Waals surface area contributed by atoms with Crippen LogP contribution in [0.3, 0.4) is 0 Å². The highest BCUT2D eigenvalue weighted by molar-refractivity contribution is 5.48. The lowest BCUT2D eigenvalue weighted by atomic mass is 9.67. The molecule has 1 aromatic carbocycles. The van der Waals surface area contributed by atoms with Crippen molar-refractivity contribution in [2.24, 2.45) is 17.8 Å². The van der Waals surface area contributed by atoms with E-state index in [1.807, 2.05) is 0 Å². The van der Waals surface area contributed by atoms with Crippen molar-refractivity contribution in [2.75, 3.05) is 0 Å². The fraction of sp³-hybridized carbons (Fsp3) is 0.500. The molecule has 0 amide bonds. The zero-order valence-electron chi connectivity index (χ0n) is 17.6. The Balaban J connectivity index is 1.73. The van der Waals surface area contributed by atoms with Crippen molar-refractivity contribution in [1.82, 2.24) is 0 Å². The molecular weight excluding hydrogens is 336 g/mol. The average Bonchev–Trinajstić information content (AvgIpc) is 2.77. The molecule has 2 aliphatic rings. The molecule has 0 heterocycles. The van der Waals surface area contributed by atoms with E-state index in [0.717, 1.165) is 17.9 Å². The summed E-state index contributed by atoms with van der Waals surface area (Å²) in [7, 11) is 0. The lowest BCUT2D eigenvalue weighted by Crippen LogP contribution is -2.32. The molecule has 0 spiro atoms. The fourth-order valence-corrected chi connectivity index (χ4v) is 4.71. The Morgan fingerprint density at radius 3 is 2.43 bits per heavy atom. The van der Waals surface area contributed by atoms with Crippen molar-refractivity contribution < 1.29 is 0 Å². The first-order valence-corrected chi connectivity index (χ1v) is 11.2. The van der Waals surface area contributed by atoms with Crippen molar-refractivity contribution in [3.63, 3.8) is 0 Å². The Morgan fingerprint density at radius 1 is 1.04 bits per heavy atom. The van der Waals surface area contributed by atoms with E-state index in [2.05, 4.69) is 80.2 Å². The Bertz CT molecular complexity index is 781. The average molecular weight is 371 g/mol. The van der Waals surface area contributed by atoms with E-state index in [1.165, 1.54) is 50.5 Å². The second kappa shape index (κ2) is 9.85. The summed E-state index contributed by atoms with van der Waals surface area (Å²) in [6.07, 6.45) is 24.9. The van der Waals surface area contributed by atoms with Crippen LogP contribution in [0.15, 0.2) is 48.6 Å². The van der Waals surface area contributed by atoms with Crippen LogP contribution in [0.1, 0.15) is 76.3 Å². The molecular formula is C28H34. The normalized spacial score (nSPS) is 29.0. The van der Waals surface area contributed by atoms with Crippen LogP contribution in [-0.2, 0) is 5.41 Å². The van der Waals surface area contributed by atoms with Crippen LogP contribution in [0.4, 0.5) is 0 Å². The maximum atomic E-state index is 6.09. The first kappa shape index (κ1) is 20.6. The molecule has 2 aliphatic carbocycles. The molecule has 0 N–H and O–H groups in total. The summed E-state index contributed by atoms with van der Waals surface area (Å²) in [4.78, 5) is 0. The molecule has 0 nitrogen and oxygen atoms in total. The summed E-state index contributed by atoms with van der Waals surface area (Å²) in [5.41, 5.74) is 1.99. The lowest BCUT2D eigenvalue weighted by Gasteiger charge is -2.35. The molecule has 0 heteroatoms. The number of benzene rings is 1. The smallest absolute Gasteiger partial charge is 0.0805 e. The zero-order valence-corrected chi connectivity index (χ0v) is 17.6. The standard InChI is InChI=1S/C28H34/c1-4-7-10-26-11-8-9-22-28(26,6-3)27-20-18-25(19-21-27)17-16-24-14-12-23(5-2)13-15-24/h3,8-9,11,18-24,26H,4-5,7,10,12-15H2,1-2H3/t23-,24-,26?,28?. The van der Waals surface area contributed by atoms with Gasteiger partial charge in [-0.25, -0.2) is 0 Å². The number of hydrogen-bond acceptors (Lipinski definition) is 0. The third kappa shape index (κ3) is 4.62. The van der Waals surface area contributed by atoms with Crippen LogP contribution in [-0.4, -0.2) is 0 Å². The highest BCUT2D eigenvalue weighted by atomic mass is 14.4. The van der Waals surface area contributed by atoms with E-state index in [0.29, 0.717) is 11.8 Å². The summed E-state index contributed by atoms with van der Waals surface area (Å²) in [6, 6.07) is 8.70. The summed E-state index contributed by atoms with van der Waals surface area (Å²) in [5.74, 6) is 11.9. The van der Waals surface area contributed by atoms with Crippen LogP contribution in [0, 0.1) is 41.9 Å². The van der Waals surface area contributed by atoms with Gasteiger partial charge >= 0.3 is 0 Å². The highest BCUT2D eigenvalue weighted by Crippen LogP contribution is 2.39. The maximum absolute atomic E-state index is 6.09. The number of terminal acetylenes is 1. The van der Waals surface area contributed by atoms with Gasteiger partial charge in [0.15, 0.2) is 0 Å². The number of unbranched alkanes of at least 4 members (excludes halogenated alkanes) is 1. The summed E-state index contributed by atoms with van der Waals surface area (Å²) >= 11 is 0. The maximum Gasteiger partial charge on any atom is 0.0805 e. The second-order valence-electron chi connectivity index (χ2n) is 8.48. The van der Waals surface area contributed by atoms with Crippen LogP contribution in [0.2, 0.25) is 0 Å². The van der Waals surface area contributed by atoms with Crippen LogP contribution < -0.4 is 0 Å². The first-order chi connectivity index (χ1) is 13.7. The monoisotopic (exact) mass is 370 g/mol. The Hall–Kier alpha value is -2.18. The quantitative estimate of drug-likeness (QED) is 0.487. The van der Waals surface area contributed by atoms with Gasteiger partial charge < -0.3 is 0 Å². The molecule has 0 saturated heterocycles. The fourth-order valence-electron chi connectivity index (χ4n) is 4.71. The van der Waals surface area contributed by atoms with Crippen molar-refractivity contribution in [2.45, 2.75) is 70.6 Å². The topological polar surface area (TPSA) is 0 Å². The van der Waals surface area contributed by atoms with E-state index in [1.54, 1.807) is 0 Å². The largest absolute Gasteiger partial charge is 0.119 e. The zero-order chi connectivity index (χ0) is 19.8. The Labute approximate surface area is 172 Å². The Kier molecular flexibility index (Phi) is 7.23. The molecule has 0 radical (unpaired) electrons. The Morgan fingerprint density at radius 2 is 1.79 bits per heavy atom. The van der Waals surface area contributed by atoms with Crippen LogP contribution >= 0.6 is 0 Å². The van der Waals surface area contributed by atoms with Gasteiger partial charge in [-0.05, 0) is 55.7 Å². The van der Waals surface area contributed by atoms with E-state index in [4.69, 9.17) is 6.42 Å². The summed E-state index contributed by atoms with van der Waals surface area (Å²) in [5, 5.41) is 0. The molecule has 1 aromatic rings. The van der Waals surface area contributed by atoms with Crippen molar-refractivity contribution in [3.8, 4) is 24.2 Å². The minimum absolute atomic E-state index is 0.325. The number of allylic oxidation sites excluding steroid dienone is 4. The predicted octanol–water partition coefficient (Wildman–Crippen LogP) is 7.06. The van der Waals surface area contributed by atoms with Gasteiger partial charge in [-0.3, -0.25) is 0 Å². The molecule has 146 valence electrons. The molecule has 2 unspecified atom stereocenters. The molecule has 2 atom stereocenters. The van der Waals surface area contributed by atoms with E-state index in [9.17, 15) is 0 Å². The summed E-state index contributed by atoms with van der Waals surface area (Å²) < 4.78 is 0. The van der Waals surface area contributed by atoms with Gasteiger partial charge in [0.25, 0.3) is 0 Å². The van der Waals surface area contributed by atoms with Gasteiger partial charge in [0.05, 0.1) is 5.41 Å². The van der Waals surface area contributed by atoms with Crippen LogP contribution in [0.25, 0.3) is 0 Å². The molecule has 1 fully saturated rings. The van der Waals surface area contributed by atoms with Gasteiger partial charge in [-0.1, -0.05) is 87.3 Å². The van der Waals surface area contributed by atoms with Gasteiger partial charge in [0, 0.05) is 17.4 Å². The third-order valence-electron chi connectivity index (χ3n) is 6.71. The van der Waals surface area contributed by atoms with Crippen molar-refractivity contribution in [1.29, 1.82) is 0 Å². The minimum Gasteiger partial charge on any atom is -0.119 e. The van der Waals surface area contributed by atoms with Gasteiger partial charge in [-0.2, -0.15) is 0 Å².